The zero-order valence-electron chi connectivity index (χ0n) is 10.2. The minimum atomic E-state index is -0.914. The first kappa shape index (κ1) is 12.4. The molecule has 1 amide bonds. The molecule has 18 heavy (non-hydrogen) atoms. The smallest absolute Gasteiger partial charge is 0.407 e. The van der Waals surface area contributed by atoms with Crippen LogP contribution < -0.4 is 0 Å². The Hall–Kier alpha value is -2.04. The largest absolute Gasteiger partial charge is 0.465 e. The molecule has 2 rings (SSSR count). The third-order valence-corrected chi connectivity index (χ3v) is 3.07. The highest BCUT2D eigenvalue weighted by molar-refractivity contribution is 5.66. The molecule has 1 N–H and O–H groups in total. The Morgan fingerprint density at radius 1 is 1.44 bits per heavy atom. The second kappa shape index (κ2) is 5.08. The van der Waals surface area contributed by atoms with Gasteiger partial charge in [-0.2, -0.15) is 0 Å². The van der Waals surface area contributed by atoms with Crippen LogP contribution in [0.3, 0.4) is 0 Å². The van der Waals surface area contributed by atoms with Gasteiger partial charge in [-0.05, 0) is 23.1 Å². The third kappa shape index (κ3) is 2.61. The molecule has 0 aliphatic carbocycles. The standard InChI is InChI=1S/C13H15NO4/c1-9(15)18-8-11-4-2-3-10-5-6-14(13(16)17)7-12(10)11/h2-4H,5-8H2,1H3,(H,16,17). The molecular weight excluding hydrogens is 234 g/mol. The summed E-state index contributed by atoms with van der Waals surface area (Å²) in [5, 5.41) is 9.01. The quantitative estimate of drug-likeness (QED) is 0.811. The number of nitrogens with zero attached hydrogens (tertiary/aromatic N) is 1. The van der Waals surface area contributed by atoms with Crippen LogP contribution in [0.15, 0.2) is 18.2 Å². The molecule has 1 aliphatic rings. The predicted octanol–water partition coefficient (Wildman–Crippen LogP) is 1.79. The lowest BCUT2D eigenvalue weighted by Gasteiger charge is -2.28. The van der Waals surface area contributed by atoms with Crippen molar-refractivity contribution in [1.29, 1.82) is 0 Å². The number of esters is 1. The lowest BCUT2D eigenvalue weighted by molar-refractivity contribution is -0.142. The molecule has 96 valence electrons. The molecule has 1 aromatic rings. The van der Waals surface area contributed by atoms with E-state index in [0.29, 0.717) is 19.5 Å². The Bertz CT molecular complexity index is 484. The maximum absolute atomic E-state index is 11.0. The summed E-state index contributed by atoms with van der Waals surface area (Å²) in [5.41, 5.74) is 2.98. The molecule has 1 aliphatic heterocycles. The number of hydrogen-bond acceptors (Lipinski definition) is 3. The van der Waals surface area contributed by atoms with Crippen LogP contribution in [0.4, 0.5) is 4.79 Å². The van der Waals surface area contributed by atoms with E-state index in [1.165, 1.54) is 11.8 Å². The average Bonchev–Trinajstić information content (AvgIpc) is 2.35. The van der Waals surface area contributed by atoms with Crippen molar-refractivity contribution in [2.24, 2.45) is 0 Å². The molecule has 0 saturated carbocycles. The number of carboxylic acid groups (broad SMARTS) is 1. The maximum Gasteiger partial charge on any atom is 0.407 e. The molecule has 0 saturated heterocycles. The van der Waals surface area contributed by atoms with Crippen molar-refractivity contribution >= 4 is 12.1 Å². The van der Waals surface area contributed by atoms with Gasteiger partial charge in [-0.15, -0.1) is 0 Å². The molecule has 1 heterocycles. The first-order valence-corrected chi connectivity index (χ1v) is 5.79. The number of hydrogen-bond donors (Lipinski definition) is 1. The monoisotopic (exact) mass is 249 g/mol. The van der Waals surface area contributed by atoms with E-state index < -0.39 is 6.09 Å². The first-order chi connectivity index (χ1) is 8.58. The molecule has 5 heteroatoms. The first-order valence-electron chi connectivity index (χ1n) is 5.79. The van der Waals surface area contributed by atoms with E-state index in [1.54, 1.807) is 0 Å². The normalized spacial score (nSPS) is 13.9. The summed E-state index contributed by atoms with van der Waals surface area (Å²) in [6.45, 7) is 2.44. The fourth-order valence-corrected chi connectivity index (χ4v) is 2.13. The highest BCUT2D eigenvalue weighted by Crippen LogP contribution is 2.23. The fourth-order valence-electron chi connectivity index (χ4n) is 2.13. The third-order valence-electron chi connectivity index (χ3n) is 3.07. The van der Waals surface area contributed by atoms with Gasteiger partial charge in [0, 0.05) is 20.0 Å². The van der Waals surface area contributed by atoms with Gasteiger partial charge >= 0.3 is 12.1 Å². The van der Waals surface area contributed by atoms with Crippen molar-refractivity contribution in [2.75, 3.05) is 6.54 Å². The van der Waals surface area contributed by atoms with Crippen molar-refractivity contribution in [3.05, 3.63) is 34.9 Å². The molecule has 0 bridgehead atoms. The van der Waals surface area contributed by atoms with Crippen LogP contribution in [0.25, 0.3) is 0 Å². The van der Waals surface area contributed by atoms with Gasteiger partial charge in [-0.1, -0.05) is 18.2 Å². The number of carbonyl (C=O) groups is 2. The van der Waals surface area contributed by atoms with Crippen molar-refractivity contribution in [2.45, 2.75) is 26.5 Å². The molecule has 5 nitrogen and oxygen atoms in total. The number of amides is 1. The summed E-state index contributed by atoms with van der Waals surface area (Å²) < 4.78 is 4.98. The Morgan fingerprint density at radius 3 is 2.89 bits per heavy atom. The van der Waals surface area contributed by atoms with Crippen molar-refractivity contribution in [1.82, 2.24) is 4.90 Å². The lowest BCUT2D eigenvalue weighted by Crippen LogP contribution is -2.35. The molecule has 0 radical (unpaired) electrons. The van der Waals surface area contributed by atoms with Gasteiger partial charge in [0.25, 0.3) is 0 Å². The zero-order valence-corrected chi connectivity index (χ0v) is 10.2. The SMILES string of the molecule is CC(=O)OCc1cccc2c1CN(C(=O)O)CC2. The van der Waals surface area contributed by atoms with Crippen LogP contribution in [-0.2, 0) is 29.1 Å². The predicted molar refractivity (Wildman–Crippen MR) is 64.1 cm³/mol. The van der Waals surface area contributed by atoms with Gasteiger partial charge in [0.05, 0.1) is 0 Å². The molecule has 0 spiro atoms. The molecule has 0 aromatic heterocycles. The number of carbonyl (C=O) groups excluding carboxylic acids is 1. The second-order valence-electron chi connectivity index (χ2n) is 4.29. The summed E-state index contributed by atoms with van der Waals surface area (Å²) in [5.74, 6) is -0.335. The summed E-state index contributed by atoms with van der Waals surface area (Å²) in [4.78, 5) is 23.2. The van der Waals surface area contributed by atoms with E-state index in [2.05, 4.69) is 0 Å². The van der Waals surface area contributed by atoms with Crippen molar-refractivity contribution < 1.29 is 19.4 Å². The summed E-state index contributed by atoms with van der Waals surface area (Å²) in [6.07, 6.45) is -0.210. The van der Waals surface area contributed by atoms with Crippen LogP contribution in [0.5, 0.6) is 0 Å². The van der Waals surface area contributed by atoms with E-state index in [9.17, 15) is 9.59 Å². The topological polar surface area (TPSA) is 66.8 Å². The van der Waals surface area contributed by atoms with E-state index in [-0.39, 0.29) is 12.6 Å². The van der Waals surface area contributed by atoms with E-state index >= 15 is 0 Å². The number of rotatable bonds is 2. The maximum atomic E-state index is 11.0. The highest BCUT2D eigenvalue weighted by atomic mass is 16.5. The van der Waals surface area contributed by atoms with Gasteiger partial charge in [-0.25, -0.2) is 4.79 Å². The Kier molecular flexibility index (Phi) is 3.50. The summed E-state index contributed by atoms with van der Waals surface area (Å²) in [6, 6.07) is 5.77. The van der Waals surface area contributed by atoms with E-state index in [1.807, 2.05) is 18.2 Å². The van der Waals surface area contributed by atoms with Crippen LogP contribution in [0.2, 0.25) is 0 Å². The Balaban J connectivity index is 2.22. The van der Waals surface area contributed by atoms with Crippen LogP contribution >= 0.6 is 0 Å². The van der Waals surface area contributed by atoms with Crippen molar-refractivity contribution in [3.8, 4) is 0 Å². The van der Waals surface area contributed by atoms with Crippen LogP contribution in [0.1, 0.15) is 23.6 Å². The molecule has 0 atom stereocenters. The Morgan fingerprint density at radius 2 is 2.22 bits per heavy atom. The van der Waals surface area contributed by atoms with Crippen LogP contribution in [-0.4, -0.2) is 28.6 Å². The van der Waals surface area contributed by atoms with Gasteiger partial charge < -0.3 is 14.7 Å². The second-order valence-corrected chi connectivity index (χ2v) is 4.29. The van der Waals surface area contributed by atoms with Gasteiger partial charge in [-0.3, -0.25) is 4.79 Å². The number of benzene rings is 1. The fraction of sp³-hybridized carbons (Fsp3) is 0.385. The summed E-state index contributed by atoms with van der Waals surface area (Å²) >= 11 is 0. The molecular formula is C13H15NO4. The summed E-state index contributed by atoms with van der Waals surface area (Å²) in [7, 11) is 0. The van der Waals surface area contributed by atoms with Gasteiger partial charge in [0.15, 0.2) is 0 Å². The minimum absolute atomic E-state index is 0.200. The average molecular weight is 249 g/mol. The molecule has 0 unspecified atom stereocenters. The van der Waals surface area contributed by atoms with Gasteiger partial charge in [0.1, 0.15) is 6.61 Å². The number of fused-ring (bicyclic) bond motifs is 1. The van der Waals surface area contributed by atoms with Crippen LogP contribution in [0, 0.1) is 0 Å². The van der Waals surface area contributed by atoms with Crippen molar-refractivity contribution in [3.63, 3.8) is 0 Å². The number of ether oxygens (including phenoxy) is 1. The van der Waals surface area contributed by atoms with Gasteiger partial charge in [0.2, 0.25) is 0 Å². The highest BCUT2D eigenvalue weighted by Gasteiger charge is 2.22. The zero-order chi connectivity index (χ0) is 13.1. The Labute approximate surface area is 105 Å². The molecule has 1 aromatic carbocycles. The van der Waals surface area contributed by atoms with E-state index in [4.69, 9.17) is 9.84 Å². The lowest BCUT2D eigenvalue weighted by atomic mass is 9.95. The molecule has 0 fully saturated rings. The minimum Gasteiger partial charge on any atom is -0.465 e. The van der Waals surface area contributed by atoms with E-state index in [0.717, 1.165) is 16.7 Å².